The zero-order valence-corrected chi connectivity index (χ0v) is 10.0. The zero-order valence-electron chi connectivity index (χ0n) is 10.0. The van der Waals surface area contributed by atoms with Crippen LogP contribution < -0.4 is 0 Å². The molecule has 0 radical (unpaired) electrons. The minimum Gasteiger partial charge on any atom is -0.392 e. The predicted octanol–water partition coefficient (Wildman–Crippen LogP) is 0.783. The fraction of sp³-hybridized carbons (Fsp3) is 1.00. The molecule has 88 valence electrons. The third-order valence-corrected chi connectivity index (χ3v) is 3.80. The van der Waals surface area contributed by atoms with Crippen LogP contribution in [0.25, 0.3) is 0 Å². The number of aliphatic hydroxyl groups is 1. The Morgan fingerprint density at radius 1 is 1.33 bits per heavy atom. The Morgan fingerprint density at radius 3 is 2.60 bits per heavy atom. The lowest BCUT2D eigenvalue weighted by Crippen LogP contribution is -2.41. The quantitative estimate of drug-likeness (QED) is 0.746. The van der Waals surface area contributed by atoms with Crippen LogP contribution in [0.5, 0.6) is 0 Å². The highest BCUT2D eigenvalue weighted by atomic mass is 16.3. The van der Waals surface area contributed by atoms with E-state index >= 15 is 0 Å². The molecule has 1 aliphatic carbocycles. The number of hydrogen-bond acceptors (Lipinski definition) is 3. The van der Waals surface area contributed by atoms with Crippen molar-refractivity contribution in [2.24, 2.45) is 5.92 Å². The maximum Gasteiger partial charge on any atom is 0.0682 e. The molecule has 15 heavy (non-hydrogen) atoms. The Morgan fingerprint density at radius 2 is 2.07 bits per heavy atom. The van der Waals surface area contributed by atoms with Gasteiger partial charge >= 0.3 is 0 Å². The first-order chi connectivity index (χ1) is 7.15. The third kappa shape index (κ3) is 2.92. The van der Waals surface area contributed by atoms with E-state index in [1.54, 1.807) is 0 Å². The summed E-state index contributed by atoms with van der Waals surface area (Å²) in [5.74, 6) is 0.917. The van der Waals surface area contributed by atoms with Crippen LogP contribution in [0.2, 0.25) is 0 Å². The van der Waals surface area contributed by atoms with E-state index in [4.69, 9.17) is 0 Å². The fourth-order valence-electron chi connectivity index (χ4n) is 2.80. The molecule has 2 aliphatic rings. The van der Waals surface area contributed by atoms with Crippen LogP contribution >= 0.6 is 0 Å². The van der Waals surface area contributed by atoms with E-state index in [0.717, 1.165) is 25.4 Å². The van der Waals surface area contributed by atoms with Crippen LogP contribution in [0.4, 0.5) is 0 Å². The maximum atomic E-state index is 9.73. The van der Waals surface area contributed by atoms with Gasteiger partial charge in [0.2, 0.25) is 0 Å². The van der Waals surface area contributed by atoms with Crippen LogP contribution in [0.1, 0.15) is 25.7 Å². The minimum absolute atomic E-state index is 0.0879. The molecule has 3 nitrogen and oxygen atoms in total. The van der Waals surface area contributed by atoms with Crippen LogP contribution in [0, 0.1) is 5.92 Å². The molecule has 1 saturated heterocycles. The largest absolute Gasteiger partial charge is 0.392 e. The number of nitrogens with zero attached hydrogens (tertiary/aromatic N) is 2. The molecular formula is C12H24N2O. The highest BCUT2D eigenvalue weighted by Crippen LogP contribution is 2.30. The number of hydrogen-bond donors (Lipinski definition) is 1. The van der Waals surface area contributed by atoms with Crippen molar-refractivity contribution in [3.8, 4) is 0 Å². The van der Waals surface area contributed by atoms with Gasteiger partial charge in [0.25, 0.3) is 0 Å². The molecule has 1 aliphatic heterocycles. The molecule has 0 amide bonds. The van der Waals surface area contributed by atoms with Gasteiger partial charge in [0.1, 0.15) is 0 Å². The average Bonchev–Trinajstić information content (AvgIpc) is 2.38. The van der Waals surface area contributed by atoms with E-state index in [0.29, 0.717) is 6.04 Å². The molecule has 1 heterocycles. The number of β-amino-alcohol motifs (C(OH)–C–C–N with tert-alkyl or cyclic N) is 1. The van der Waals surface area contributed by atoms with Gasteiger partial charge in [-0.05, 0) is 39.3 Å². The molecule has 2 unspecified atom stereocenters. The Bertz CT molecular complexity index is 204. The van der Waals surface area contributed by atoms with Gasteiger partial charge in [-0.25, -0.2) is 0 Å². The van der Waals surface area contributed by atoms with E-state index in [1.807, 2.05) is 0 Å². The van der Waals surface area contributed by atoms with E-state index < -0.39 is 0 Å². The summed E-state index contributed by atoms with van der Waals surface area (Å²) in [5, 5.41) is 9.73. The summed E-state index contributed by atoms with van der Waals surface area (Å²) < 4.78 is 0. The van der Waals surface area contributed by atoms with Gasteiger partial charge in [0.15, 0.2) is 0 Å². The molecular weight excluding hydrogens is 188 g/mol. The summed E-state index contributed by atoms with van der Waals surface area (Å²) in [6.45, 7) is 3.20. The summed E-state index contributed by atoms with van der Waals surface area (Å²) >= 11 is 0. The Hall–Kier alpha value is -0.120. The summed E-state index contributed by atoms with van der Waals surface area (Å²) in [6, 6.07) is 0.579. The fourth-order valence-corrected chi connectivity index (χ4v) is 2.80. The Kier molecular flexibility index (Phi) is 3.65. The highest BCUT2D eigenvalue weighted by molar-refractivity contribution is 4.88. The zero-order chi connectivity index (χ0) is 10.8. The third-order valence-electron chi connectivity index (χ3n) is 3.80. The first-order valence-electron chi connectivity index (χ1n) is 6.22. The predicted molar refractivity (Wildman–Crippen MR) is 61.9 cm³/mol. The van der Waals surface area contributed by atoms with Crippen molar-refractivity contribution in [3.05, 3.63) is 0 Å². The molecule has 2 atom stereocenters. The first kappa shape index (κ1) is 11.4. The van der Waals surface area contributed by atoms with Gasteiger partial charge in [0.05, 0.1) is 6.10 Å². The van der Waals surface area contributed by atoms with Crippen molar-refractivity contribution in [3.63, 3.8) is 0 Å². The lowest BCUT2D eigenvalue weighted by atomic mass is 9.85. The normalized spacial score (nSPS) is 33.6. The van der Waals surface area contributed by atoms with Gasteiger partial charge in [-0.2, -0.15) is 0 Å². The molecule has 0 spiro atoms. The second-order valence-corrected chi connectivity index (χ2v) is 5.56. The van der Waals surface area contributed by atoms with E-state index in [9.17, 15) is 5.11 Å². The molecule has 2 fully saturated rings. The Balaban J connectivity index is 1.83. The molecule has 2 rings (SSSR count). The maximum absolute atomic E-state index is 9.73. The summed E-state index contributed by atoms with van der Waals surface area (Å²) in [6.07, 6.45) is 5.10. The SMILES string of the molecule is CN(C)CC1CC(O)CN1CC1CCC1. The standard InChI is InChI=1S/C12H24N2O/c1-13(2)8-11-6-12(15)9-14(11)7-10-4-3-5-10/h10-12,15H,3-9H2,1-2H3. The van der Waals surface area contributed by atoms with E-state index in [-0.39, 0.29) is 6.10 Å². The lowest BCUT2D eigenvalue weighted by Gasteiger charge is -2.34. The molecule has 1 N–H and O–H groups in total. The molecule has 3 heteroatoms. The Labute approximate surface area is 93.1 Å². The average molecular weight is 212 g/mol. The van der Waals surface area contributed by atoms with Gasteiger partial charge in [-0.3, -0.25) is 4.90 Å². The topological polar surface area (TPSA) is 26.7 Å². The minimum atomic E-state index is -0.0879. The molecule has 0 bridgehead atoms. The van der Waals surface area contributed by atoms with Crippen LogP contribution in [0.3, 0.4) is 0 Å². The van der Waals surface area contributed by atoms with Crippen molar-refractivity contribution in [1.29, 1.82) is 0 Å². The number of likely N-dealkylation sites (N-methyl/N-ethyl adjacent to an activating group) is 1. The second-order valence-electron chi connectivity index (χ2n) is 5.56. The van der Waals surface area contributed by atoms with E-state index in [2.05, 4.69) is 23.9 Å². The monoisotopic (exact) mass is 212 g/mol. The molecule has 0 aromatic rings. The van der Waals surface area contributed by atoms with Crippen molar-refractivity contribution in [2.45, 2.75) is 37.8 Å². The second kappa shape index (κ2) is 4.81. The van der Waals surface area contributed by atoms with Crippen molar-refractivity contribution < 1.29 is 5.11 Å². The van der Waals surface area contributed by atoms with Gasteiger partial charge in [-0.1, -0.05) is 6.42 Å². The van der Waals surface area contributed by atoms with Crippen LogP contribution in [-0.4, -0.2) is 60.8 Å². The summed E-state index contributed by atoms with van der Waals surface area (Å²) in [4.78, 5) is 4.74. The van der Waals surface area contributed by atoms with Crippen molar-refractivity contribution >= 4 is 0 Å². The molecule has 0 aromatic heterocycles. The molecule has 0 aromatic carbocycles. The van der Waals surface area contributed by atoms with Gasteiger partial charge < -0.3 is 10.0 Å². The molecule has 1 saturated carbocycles. The number of likely N-dealkylation sites (tertiary alicyclic amines) is 1. The first-order valence-corrected chi connectivity index (χ1v) is 6.22. The van der Waals surface area contributed by atoms with Gasteiger partial charge in [0, 0.05) is 25.7 Å². The number of aliphatic hydroxyl groups excluding tert-OH is 1. The smallest absolute Gasteiger partial charge is 0.0682 e. The van der Waals surface area contributed by atoms with E-state index in [1.165, 1.54) is 25.8 Å². The van der Waals surface area contributed by atoms with Crippen molar-refractivity contribution in [2.75, 3.05) is 33.7 Å². The number of rotatable bonds is 4. The van der Waals surface area contributed by atoms with Gasteiger partial charge in [-0.15, -0.1) is 0 Å². The summed E-state index contributed by atoms with van der Waals surface area (Å²) in [7, 11) is 4.23. The lowest BCUT2D eigenvalue weighted by molar-refractivity contribution is 0.135. The van der Waals surface area contributed by atoms with Crippen LogP contribution in [-0.2, 0) is 0 Å². The summed E-state index contributed by atoms with van der Waals surface area (Å²) in [5.41, 5.74) is 0. The van der Waals surface area contributed by atoms with Crippen molar-refractivity contribution in [1.82, 2.24) is 9.80 Å². The van der Waals surface area contributed by atoms with Crippen LogP contribution in [0.15, 0.2) is 0 Å². The highest BCUT2D eigenvalue weighted by Gasteiger charge is 2.33.